The molecule has 0 aliphatic heterocycles. The second kappa shape index (κ2) is 6.06. The van der Waals surface area contributed by atoms with E-state index in [1.165, 1.54) is 12.3 Å². The van der Waals surface area contributed by atoms with Gasteiger partial charge in [0.15, 0.2) is 5.43 Å². The first-order chi connectivity index (χ1) is 10.1. The Morgan fingerprint density at radius 2 is 2.24 bits per heavy atom. The maximum Gasteiger partial charge on any atom is 0.348 e. The molecule has 2 aromatic rings. The van der Waals surface area contributed by atoms with Gasteiger partial charge in [-0.3, -0.25) is 4.79 Å². The van der Waals surface area contributed by atoms with Crippen molar-refractivity contribution in [3.63, 3.8) is 0 Å². The van der Waals surface area contributed by atoms with Gasteiger partial charge in [0, 0.05) is 0 Å². The van der Waals surface area contributed by atoms with Crippen LogP contribution in [0.1, 0.15) is 18.1 Å². The van der Waals surface area contributed by atoms with Crippen LogP contribution in [-0.2, 0) is 9.53 Å². The molecule has 2 rings (SSSR count). The van der Waals surface area contributed by atoms with E-state index in [1.54, 1.807) is 25.1 Å². The molecule has 0 aliphatic carbocycles. The highest BCUT2D eigenvalue weighted by Gasteiger charge is 2.12. The first-order valence-corrected chi connectivity index (χ1v) is 6.38. The summed E-state index contributed by atoms with van der Waals surface area (Å²) in [5.41, 5.74) is 0.977. The lowest BCUT2D eigenvalue weighted by Gasteiger charge is -2.01. The topological polar surface area (TPSA) is 80.3 Å². The second-order valence-electron chi connectivity index (χ2n) is 4.41. The van der Waals surface area contributed by atoms with Crippen molar-refractivity contribution in [2.45, 2.75) is 13.8 Å². The molecular weight excluding hydrogens is 270 g/mol. The lowest BCUT2D eigenvalue weighted by Crippen LogP contribution is -2.09. The average molecular weight is 283 g/mol. The minimum atomic E-state index is -0.760. The number of carbonyl (C=O) groups is 1. The fourth-order valence-electron chi connectivity index (χ4n) is 1.86. The number of carbonyl (C=O) groups excluding carboxylic acids is 1. The van der Waals surface area contributed by atoms with Crippen LogP contribution in [0.3, 0.4) is 0 Å². The van der Waals surface area contributed by atoms with Crippen LogP contribution in [0, 0.1) is 18.3 Å². The number of hydrogen-bond donors (Lipinski definition) is 0. The van der Waals surface area contributed by atoms with Crippen LogP contribution >= 0.6 is 0 Å². The van der Waals surface area contributed by atoms with Crippen molar-refractivity contribution in [1.82, 2.24) is 0 Å². The Morgan fingerprint density at radius 1 is 1.48 bits per heavy atom. The van der Waals surface area contributed by atoms with E-state index in [2.05, 4.69) is 0 Å². The summed E-state index contributed by atoms with van der Waals surface area (Å²) in [4.78, 5) is 23.9. The van der Waals surface area contributed by atoms with Crippen molar-refractivity contribution >= 4 is 23.0 Å². The summed E-state index contributed by atoms with van der Waals surface area (Å²) in [7, 11) is 0. The Hall–Kier alpha value is -2.87. The van der Waals surface area contributed by atoms with Gasteiger partial charge in [-0.25, -0.2) is 4.79 Å². The Bertz CT molecular complexity index is 824. The van der Waals surface area contributed by atoms with Gasteiger partial charge in [-0.15, -0.1) is 0 Å². The third-order valence-corrected chi connectivity index (χ3v) is 2.87. The summed E-state index contributed by atoms with van der Waals surface area (Å²) < 4.78 is 10.1. The molecule has 1 heterocycles. The smallest absolute Gasteiger partial charge is 0.348 e. The molecule has 1 aromatic heterocycles. The molecule has 0 amide bonds. The summed E-state index contributed by atoms with van der Waals surface area (Å²) in [6.45, 7) is 3.66. The zero-order valence-electron chi connectivity index (χ0n) is 11.7. The Morgan fingerprint density at radius 3 is 2.90 bits per heavy atom. The lowest BCUT2D eigenvalue weighted by atomic mass is 10.1. The molecule has 21 heavy (non-hydrogen) atoms. The molecule has 106 valence electrons. The van der Waals surface area contributed by atoms with E-state index < -0.39 is 5.97 Å². The molecule has 0 N–H and O–H groups in total. The quantitative estimate of drug-likeness (QED) is 0.491. The first-order valence-electron chi connectivity index (χ1n) is 6.38. The van der Waals surface area contributed by atoms with Crippen molar-refractivity contribution < 1.29 is 13.9 Å². The minimum Gasteiger partial charge on any atom is -0.463 e. The average Bonchev–Trinajstić information content (AvgIpc) is 2.47. The van der Waals surface area contributed by atoms with Gasteiger partial charge >= 0.3 is 5.97 Å². The monoisotopic (exact) mass is 283 g/mol. The van der Waals surface area contributed by atoms with Gasteiger partial charge < -0.3 is 9.15 Å². The zero-order valence-corrected chi connectivity index (χ0v) is 11.7. The van der Waals surface area contributed by atoms with Gasteiger partial charge in [0.1, 0.15) is 23.5 Å². The van der Waals surface area contributed by atoms with Gasteiger partial charge in [-0.1, -0.05) is 11.6 Å². The highest BCUT2D eigenvalue weighted by atomic mass is 16.5. The van der Waals surface area contributed by atoms with Crippen LogP contribution in [-0.4, -0.2) is 12.6 Å². The highest BCUT2D eigenvalue weighted by Crippen LogP contribution is 2.15. The molecule has 0 saturated carbocycles. The molecule has 0 bridgehead atoms. The maximum absolute atomic E-state index is 12.3. The maximum atomic E-state index is 12.3. The molecule has 0 radical (unpaired) electrons. The van der Waals surface area contributed by atoms with E-state index in [0.29, 0.717) is 11.0 Å². The van der Waals surface area contributed by atoms with Crippen molar-refractivity contribution in [2.24, 2.45) is 0 Å². The minimum absolute atomic E-state index is 0.137. The number of fused-ring (bicyclic) bond motifs is 1. The fourth-order valence-corrected chi connectivity index (χ4v) is 1.86. The zero-order chi connectivity index (χ0) is 15.4. The third kappa shape index (κ3) is 3.00. The molecule has 0 saturated heterocycles. The number of ether oxygens (including phenoxy) is 1. The van der Waals surface area contributed by atoms with E-state index in [0.717, 1.165) is 5.56 Å². The SMILES string of the molecule is CCOC(=O)/C(C#N)=C/c1coc2ccc(C)cc2c1=O. The Kier molecular flexibility index (Phi) is 4.19. The summed E-state index contributed by atoms with van der Waals surface area (Å²) >= 11 is 0. The predicted octanol–water partition coefficient (Wildman–Crippen LogP) is 2.57. The number of benzene rings is 1. The second-order valence-corrected chi connectivity index (χ2v) is 4.41. The summed E-state index contributed by atoms with van der Waals surface area (Å²) in [5.74, 6) is -0.760. The molecule has 1 aromatic carbocycles. The van der Waals surface area contributed by atoms with Crippen molar-refractivity contribution in [2.75, 3.05) is 6.61 Å². The van der Waals surface area contributed by atoms with Crippen LogP contribution in [0.25, 0.3) is 17.0 Å². The molecule has 0 spiro atoms. The molecule has 0 unspecified atom stereocenters. The highest BCUT2D eigenvalue weighted by molar-refractivity contribution is 5.98. The molecule has 5 heteroatoms. The molecule has 0 aliphatic rings. The Labute approximate surface area is 121 Å². The third-order valence-electron chi connectivity index (χ3n) is 2.87. The standard InChI is InChI=1S/C16H13NO4/c1-3-20-16(19)11(8-17)7-12-9-21-14-5-4-10(2)6-13(14)15(12)18/h4-7,9H,3H2,1-2H3/b11-7+. The molecule has 0 atom stereocenters. The van der Waals surface area contributed by atoms with Gasteiger partial charge in [0.2, 0.25) is 0 Å². The largest absolute Gasteiger partial charge is 0.463 e. The van der Waals surface area contributed by atoms with Gasteiger partial charge in [-0.05, 0) is 32.1 Å². The number of rotatable bonds is 3. The van der Waals surface area contributed by atoms with Crippen molar-refractivity contribution in [3.8, 4) is 6.07 Å². The molecular formula is C16H13NO4. The first kappa shape index (κ1) is 14.5. The number of nitrogens with zero attached hydrogens (tertiary/aromatic N) is 1. The van der Waals surface area contributed by atoms with Crippen LogP contribution < -0.4 is 5.43 Å². The van der Waals surface area contributed by atoms with E-state index in [4.69, 9.17) is 14.4 Å². The Balaban J connectivity index is 2.57. The number of esters is 1. The molecule has 5 nitrogen and oxygen atoms in total. The van der Waals surface area contributed by atoms with Crippen LogP contribution in [0.5, 0.6) is 0 Å². The van der Waals surface area contributed by atoms with Crippen LogP contribution in [0.4, 0.5) is 0 Å². The summed E-state index contributed by atoms with van der Waals surface area (Å²) in [5, 5.41) is 9.39. The fraction of sp³-hybridized carbons (Fsp3) is 0.188. The van der Waals surface area contributed by atoms with E-state index in [1.807, 2.05) is 13.0 Å². The number of hydrogen-bond acceptors (Lipinski definition) is 5. The van der Waals surface area contributed by atoms with Crippen LogP contribution in [0.2, 0.25) is 0 Å². The summed E-state index contributed by atoms with van der Waals surface area (Å²) in [6, 6.07) is 6.97. The number of nitriles is 1. The van der Waals surface area contributed by atoms with Crippen molar-refractivity contribution in [3.05, 3.63) is 51.4 Å². The van der Waals surface area contributed by atoms with Gasteiger partial charge in [-0.2, -0.15) is 5.26 Å². The van der Waals surface area contributed by atoms with Gasteiger partial charge in [0.25, 0.3) is 0 Å². The van der Waals surface area contributed by atoms with Crippen LogP contribution in [0.15, 0.2) is 39.2 Å². The number of aryl methyl sites for hydroxylation is 1. The molecule has 0 fully saturated rings. The van der Waals surface area contributed by atoms with Gasteiger partial charge in [0.05, 0.1) is 17.6 Å². The van der Waals surface area contributed by atoms with E-state index >= 15 is 0 Å². The lowest BCUT2D eigenvalue weighted by molar-refractivity contribution is -0.137. The van der Waals surface area contributed by atoms with Crippen molar-refractivity contribution in [1.29, 1.82) is 5.26 Å². The van der Waals surface area contributed by atoms with E-state index in [9.17, 15) is 9.59 Å². The normalized spacial score (nSPS) is 11.2. The van der Waals surface area contributed by atoms with E-state index in [-0.39, 0.29) is 23.2 Å². The summed E-state index contributed by atoms with van der Waals surface area (Å²) in [6.07, 6.45) is 2.42. The predicted molar refractivity (Wildman–Crippen MR) is 77.4 cm³/mol.